The third-order valence-corrected chi connectivity index (χ3v) is 6.13. The van der Waals surface area contributed by atoms with Crippen LogP contribution in [0.3, 0.4) is 0 Å². The Hall–Kier alpha value is -1.80. The van der Waals surface area contributed by atoms with E-state index in [1.54, 1.807) is 19.2 Å². The van der Waals surface area contributed by atoms with Gasteiger partial charge in [0.15, 0.2) is 15.7 Å². The van der Waals surface area contributed by atoms with Crippen LogP contribution in [0.1, 0.15) is 12.6 Å². The van der Waals surface area contributed by atoms with Crippen molar-refractivity contribution in [2.45, 2.75) is 18.7 Å². The van der Waals surface area contributed by atoms with Gasteiger partial charge >= 0.3 is 0 Å². The summed E-state index contributed by atoms with van der Waals surface area (Å²) in [7, 11) is -2.99. The number of hydrogen-bond acceptors (Lipinski definition) is 4. The van der Waals surface area contributed by atoms with E-state index in [0.29, 0.717) is 25.3 Å². The van der Waals surface area contributed by atoms with Gasteiger partial charge in [0.05, 0.1) is 16.7 Å². The third kappa shape index (κ3) is 3.42. The highest BCUT2D eigenvalue weighted by Gasteiger charge is 2.29. The second-order valence-electron chi connectivity index (χ2n) is 5.76. The minimum Gasteiger partial charge on any atom is -0.295 e. The van der Waals surface area contributed by atoms with Gasteiger partial charge in [-0.05, 0) is 25.1 Å². The van der Waals surface area contributed by atoms with E-state index in [2.05, 4.69) is 5.10 Å². The molecular formula is C15H17F2N3O2S. The molecule has 1 saturated heterocycles. The second kappa shape index (κ2) is 6.01. The Labute approximate surface area is 133 Å². The fraction of sp³-hybridized carbons (Fsp3) is 0.400. The monoisotopic (exact) mass is 341 g/mol. The average Bonchev–Trinajstić information content (AvgIpc) is 2.91. The molecule has 0 N–H and O–H groups in total. The first-order chi connectivity index (χ1) is 10.8. The quantitative estimate of drug-likeness (QED) is 0.854. The molecule has 0 bridgehead atoms. The lowest BCUT2D eigenvalue weighted by Gasteiger charge is -2.30. The number of aromatic nitrogens is 2. The highest BCUT2D eigenvalue weighted by atomic mass is 32.2. The van der Waals surface area contributed by atoms with Crippen LogP contribution < -0.4 is 0 Å². The number of sulfone groups is 1. The molecule has 1 aromatic carbocycles. The lowest BCUT2D eigenvalue weighted by atomic mass is 10.3. The Morgan fingerprint density at radius 3 is 2.78 bits per heavy atom. The second-order valence-corrected chi connectivity index (χ2v) is 8.30. The first kappa shape index (κ1) is 16.1. The van der Waals surface area contributed by atoms with Crippen LogP contribution in [0.4, 0.5) is 8.78 Å². The summed E-state index contributed by atoms with van der Waals surface area (Å²) < 4.78 is 51.5. The summed E-state index contributed by atoms with van der Waals surface area (Å²) in [5.74, 6) is -1.18. The Bertz CT molecular complexity index is 820. The summed E-state index contributed by atoms with van der Waals surface area (Å²) in [6, 6.07) is 5.07. The van der Waals surface area contributed by atoms with Crippen LogP contribution >= 0.6 is 0 Å². The minimum atomic E-state index is -2.99. The summed E-state index contributed by atoms with van der Waals surface area (Å²) in [5.41, 5.74) is 0.882. The van der Waals surface area contributed by atoms with Crippen LogP contribution in [-0.2, 0) is 16.4 Å². The van der Waals surface area contributed by atoms with Crippen molar-refractivity contribution in [3.63, 3.8) is 0 Å². The van der Waals surface area contributed by atoms with Crippen LogP contribution in [0.2, 0.25) is 0 Å². The van der Waals surface area contributed by atoms with Gasteiger partial charge in [0.2, 0.25) is 0 Å². The molecule has 3 rings (SSSR count). The fourth-order valence-electron chi connectivity index (χ4n) is 2.65. The minimum absolute atomic E-state index is 0.140. The van der Waals surface area contributed by atoms with Crippen LogP contribution in [0.15, 0.2) is 30.5 Å². The molecule has 0 radical (unpaired) electrons. The Kier molecular flexibility index (Phi) is 4.20. The topological polar surface area (TPSA) is 55.2 Å². The van der Waals surface area contributed by atoms with Gasteiger partial charge in [-0.3, -0.25) is 4.90 Å². The normalized spacial score (nSPS) is 21.4. The maximum Gasteiger partial charge on any atom is 0.155 e. The Morgan fingerprint density at radius 1 is 1.30 bits per heavy atom. The summed E-state index contributed by atoms with van der Waals surface area (Å²) >= 11 is 0. The highest BCUT2D eigenvalue weighted by Crippen LogP contribution is 2.17. The van der Waals surface area contributed by atoms with E-state index in [-0.39, 0.29) is 11.4 Å². The molecule has 8 heteroatoms. The van der Waals surface area contributed by atoms with Gasteiger partial charge in [-0.15, -0.1) is 0 Å². The van der Waals surface area contributed by atoms with Crippen molar-refractivity contribution in [1.82, 2.24) is 14.7 Å². The van der Waals surface area contributed by atoms with Crippen molar-refractivity contribution in [2.75, 3.05) is 18.8 Å². The molecule has 1 aliphatic rings. The molecule has 1 fully saturated rings. The summed E-state index contributed by atoms with van der Waals surface area (Å²) in [6.07, 6.45) is 1.61. The van der Waals surface area contributed by atoms with E-state index in [1.807, 2.05) is 4.90 Å². The van der Waals surface area contributed by atoms with Crippen molar-refractivity contribution in [3.05, 3.63) is 47.8 Å². The molecule has 23 heavy (non-hydrogen) atoms. The van der Waals surface area contributed by atoms with Crippen LogP contribution in [0.5, 0.6) is 0 Å². The summed E-state index contributed by atoms with van der Waals surface area (Å²) in [5, 5.41) is 3.89. The number of nitrogens with zero attached hydrogens (tertiary/aromatic N) is 3. The van der Waals surface area contributed by atoms with E-state index in [1.165, 1.54) is 16.8 Å². The van der Waals surface area contributed by atoms with Crippen LogP contribution in [0.25, 0.3) is 5.69 Å². The lowest BCUT2D eigenvalue weighted by molar-refractivity contribution is 0.266. The molecular weight excluding hydrogens is 324 g/mol. The largest absolute Gasteiger partial charge is 0.295 e. The van der Waals surface area contributed by atoms with Crippen molar-refractivity contribution in [1.29, 1.82) is 0 Å². The van der Waals surface area contributed by atoms with Crippen LogP contribution in [0, 0.1) is 11.6 Å². The lowest BCUT2D eigenvalue weighted by Crippen LogP contribution is -2.45. The molecule has 1 aliphatic heterocycles. The molecule has 1 atom stereocenters. The molecule has 0 saturated carbocycles. The third-order valence-electron chi connectivity index (χ3n) is 4.01. The number of benzene rings is 1. The van der Waals surface area contributed by atoms with Gasteiger partial charge < -0.3 is 0 Å². The number of halogens is 2. The van der Waals surface area contributed by atoms with Gasteiger partial charge in [-0.2, -0.15) is 5.10 Å². The summed E-state index contributed by atoms with van der Waals surface area (Å²) in [4.78, 5) is 2.01. The molecule has 2 heterocycles. The smallest absolute Gasteiger partial charge is 0.155 e. The number of hydrogen-bond donors (Lipinski definition) is 0. The van der Waals surface area contributed by atoms with Gasteiger partial charge in [-0.25, -0.2) is 21.9 Å². The first-order valence-corrected chi connectivity index (χ1v) is 9.00. The molecule has 1 aromatic heterocycles. The van der Waals surface area contributed by atoms with E-state index >= 15 is 0 Å². The maximum atomic E-state index is 13.8. The molecule has 0 aliphatic carbocycles. The van der Waals surface area contributed by atoms with Crippen molar-refractivity contribution >= 4 is 9.84 Å². The van der Waals surface area contributed by atoms with E-state index in [4.69, 9.17) is 0 Å². The SMILES string of the molecule is CC1CN(Cc2ccn(-c3ccc(F)cc3F)n2)CCS1(=O)=O. The fourth-order valence-corrected chi connectivity index (χ4v) is 4.00. The number of rotatable bonds is 3. The average molecular weight is 341 g/mol. The Balaban J connectivity index is 1.73. The molecule has 1 unspecified atom stereocenters. The molecule has 0 spiro atoms. The first-order valence-electron chi connectivity index (χ1n) is 7.29. The van der Waals surface area contributed by atoms with Crippen LogP contribution in [-0.4, -0.2) is 47.2 Å². The standard InChI is InChI=1S/C15H17F2N3O2S/c1-11-9-19(6-7-23(11,21)22)10-13-4-5-20(18-13)15-3-2-12(16)8-14(15)17/h2-5,8,11H,6-7,9-10H2,1H3. The highest BCUT2D eigenvalue weighted by molar-refractivity contribution is 7.92. The van der Waals surface area contributed by atoms with E-state index in [9.17, 15) is 17.2 Å². The van der Waals surface area contributed by atoms with Crippen molar-refractivity contribution in [3.8, 4) is 5.69 Å². The predicted octanol–water partition coefficient (Wildman–Crippen LogP) is 1.77. The molecule has 5 nitrogen and oxygen atoms in total. The summed E-state index contributed by atoms with van der Waals surface area (Å²) in [6.45, 7) is 3.12. The van der Waals surface area contributed by atoms with Crippen molar-refractivity contribution in [2.24, 2.45) is 0 Å². The zero-order valence-electron chi connectivity index (χ0n) is 12.6. The zero-order chi connectivity index (χ0) is 16.6. The predicted molar refractivity (Wildman–Crippen MR) is 82.0 cm³/mol. The maximum absolute atomic E-state index is 13.8. The Morgan fingerprint density at radius 2 is 2.09 bits per heavy atom. The van der Waals surface area contributed by atoms with Gasteiger partial charge in [-0.1, -0.05) is 0 Å². The van der Waals surface area contributed by atoms with Crippen molar-refractivity contribution < 1.29 is 17.2 Å². The van der Waals surface area contributed by atoms with E-state index < -0.39 is 26.7 Å². The molecule has 2 aromatic rings. The van der Waals surface area contributed by atoms with Gasteiger partial charge in [0, 0.05) is 31.9 Å². The zero-order valence-corrected chi connectivity index (χ0v) is 13.4. The van der Waals surface area contributed by atoms with Gasteiger partial charge in [0.25, 0.3) is 0 Å². The molecule has 124 valence electrons. The van der Waals surface area contributed by atoms with Gasteiger partial charge in [0.1, 0.15) is 11.5 Å². The van der Waals surface area contributed by atoms with E-state index in [0.717, 1.165) is 6.07 Å². The molecule has 0 amide bonds.